The fraction of sp³-hybridized carbons (Fsp3) is 0.500. The molecule has 1 aromatic rings. The average Bonchev–Trinajstić information content (AvgIpc) is 2.52. The van der Waals surface area contributed by atoms with E-state index in [1.165, 1.54) is 29.1 Å². The second kappa shape index (κ2) is 10.1. The number of aliphatic carboxylic acids is 1. The molecule has 0 aliphatic rings. The maximum Gasteiger partial charge on any atom is 0.430 e. The molecule has 1 unspecified atom stereocenters. The molecule has 0 bridgehead atoms. The topological polar surface area (TPSA) is 226 Å². The Morgan fingerprint density at radius 2 is 1.66 bits per heavy atom. The van der Waals surface area contributed by atoms with Crippen molar-refractivity contribution in [2.45, 2.75) is 30.3 Å². The van der Waals surface area contributed by atoms with Gasteiger partial charge in [0.05, 0.1) is 0 Å². The summed E-state index contributed by atoms with van der Waals surface area (Å²) in [4.78, 5) is 45.2. The molecular weight excluding hydrogens is 451 g/mol. The highest BCUT2D eigenvalue weighted by Crippen LogP contribution is 2.68. The highest BCUT2D eigenvalue weighted by atomic mass is 31.2. The molecular formula is C12H19F3N2O10P2. The Hall–Kier alpha value is -1.41. The van der Waals surface area contributed by atoms with Gasteiger partial charge < -0.3 is 45.4 Å². The Balaban J connectivity index is 0.000000956. The summed E-state index contributed by atoms with van der Waals surface area (Å²) in [6.45, 7) is 0.0702. The second-order valence-corrected chi connectivity index (χ2v) is 9.63. The zero-order chi connectivity index (χ0) is 23.3. The Labute approximate surface area is 161 Å². The summed E-state index contributed by atoms with van der Waals surface area (Å²) < 4.78 is 55.6. The molecule has 29 heavy (non-hydrogen) atoms. The molecule has 1 atom stereocenters. The highest BCUT2D eigenvalue weighted by molar-refractivity contribution is 7.72. The van der Waals surface area contributed by atoms with Gasteiger partial charge in [-0.15, -0.1) is 0 Å². The normalized spacial score (nSPS) is 14.0. The van der Waals surface area contributed by atoms with Crippen LogP contribution in [0.2, 0.25) is 0 Å². The lowest BCUT2D eigenvalue weighted by atomic mass is 10.2. The highest BCUT2D eigenvalue weighted by Gasteiger charge is 2.59. The summed E-state index contributed by atoms with van der Waals surface area (Å²) in [5.74, 6) is -3.01. The van der Waals surface area contributed by atoms with Crippen LogP contribution in [0.25, 0.3) is 0 Å². The van der Waals surface area contributed by atoms with Crippen molar-refractivity contribution in [3.63, 3.8) is 0 Å². The van der Waals surface area contributed by atoms with Gasteiger partial charge in [-0.1, -0.05) is 0 Å². The van der Waals surface area contributed by atoms with Gasteiger partial charge in [-0.25, -0.2) is 4.57 Å². The first kappa shape index (κ1) is 27.6. The number of nitrogens with zero attached hydrogens (tertiary/aromatic N) is 1. The third-order valence-electron chi connectivity index (χ3n) is 3.22. The van der Waals surface area contributed by atoms with Crippen LogP contribution < -0.4 is 15.4 Å². The molecule has 0 spiro atoms. The van der Waals surface area contributed by atoms with Gasteiger partial charge in [0.25, 0.3) is 5.08 Å². The standard InChI is InChI=1S/C10H18N2O8P2.C2HF3O2/c11-5-9(13)7-12-3-1-2-8(6-12)4-10(14,21(15,16)17)22(18,19)20;3-2(4,5)1(6)7/h1-3,6,9,13-14H,4-5,7,11H2,(H3-,15,16,17,18,19,20);(H,6,7). The van der Waals surface area contributed by atoms with E-state index in [0.29, 0.717) is 0 Å². The SMILES string of the molecule is NCC(O)C[n+]1cccc(CC(O)(P(=O)(O)O)P(=O)(O)O)c1.O=C([O-])C(F)(F)F. The van der Waals surface area contributed by atoms with Crippen LogP contribution in [0.4, 0.5) is 13.2 Å². The van der Waals surface area contributed by atoms with E-state index in [2.05, 4.69) is 0 Å². The van der Waals surface area contributed by atoms with Crippen LogP contribution in [0, 0.1) is 0 Å². The predicted octanol–water partition coefficient (Wildman–Crippen LogP) is -2.86. The van der Waals surface area contributed by atoms with E-state index in [9.17, 15) is 32.5 Å². The number of alkyl halides is 3. The summed E-state index contributed by atoms with van der Waals surface area (Å²) in [5, 5.41) is 24.6. The lowest BCUT2D eigenvalue weighted by Gasteiger charge is -2.28. The molecule has 168 valence electrons. The lowest BCUT2D eigenvalue weighted by Crippen LogP contribution is -2.43. The predicted molar refractivity (Wildman–Crippen MR) is 85.5 cm³/mol. The van der Waals surface area contributed by atoms with E-state index in [0.717, 1.165) is 0 Å². The number of aromatic nitrogens is 1. The number of halogens is 3. The third-order valence-corrected chi connectivity index (χ3v) is 6.96. The molecule has 0 fully saturated rings. The number of nitrogens with two attached hydrogens (primary N) is 1. The van der Waals surface area contributed by atoms with Gasteiger partial charge in [-0.2, -0.15) is 13.2 Å². The van der Waals surface area contributed by atoms with Crippen LogP contribution in [0.3, 0.4) is 0 Å². The Morgan fingerprint density at radius 1 is 1.21 bits per heavy atom. The number of carbonyl (C=O) groups excluding carboxylic acids is 1. The number of hydrogen-bond acceptors (Lipinski definition) is 7. The van der Waals surface area contributed by atoms with Gasteiger partial charge in [0.15, 0.2) is 18.9 Å². The fourth-order valence-corrected chi connectivity index (χ4v) is 3.90. The molecule has 17 heteroatoms. The van der Waals surface area contributed by atoms with Gasteiger partial charge in [-0.05, 0) is 6.07 Å². The molecule has 0 radical (unpaired) electrons. The largest absolute Gasteiger partial charge is 0.542 e. The first-order valence-electron chi connectivity index (χ1n) is 7.33. The fourth-order valence-electron chi connectivity index (χ4n) is 1.76. The monoisotopic (exact) mass is 470 g/mol. The minimum atomic E-state index is -5.51. The van der Waals surface area contributed by atoms with Crippen molar-refractivity contribution < 1.29 is 66.6 Å². The average molecular weight is 470 g/mol. The van der Waals surface area contributed by atoms with E-state index < -0.39 is 44.9 Å². The van der Waals surface area contributed by atoms with E-state index in [-0.39, 0.29) is 18.7 Å². The summed E-state index contributed by atoms with van der Waals surface area (Å²) in [6.07, 6.45) is -4.19. The third kappa shape index (κ3) is 8.46. The minimum absolute atomic E-state index is 0.00781. The second-order valence-electron chi connectivity index (χ2n) is 5.62. The molecule has 0 amide bonds. The summed E-state index contributed by atoms with van der Waals surface area (Å²) >= 11 is 0. The maximum absolute atomic E-state index is 11.3. The van der Waals surface area contributed by atoms with Crippen molar-refractivity contribution in [2.75, 3.05) is 6.54 Å². The van der Waals surface area contributed by atoms with E-state index in [1.807, 2.05) is 0 Å². The van der Waals surface area contributed by atoms with Crippen LogP contribution in [-0.2, 0) is 26.9 Å². The summed E-state index contributed by atoms with van der Waals surface area (Å²) in [5.41, 5.74) is 5.33. The first-order chi connectivity index (χ1) is 12.8. The molecule has 0 aliphatic heterocycles. The number of carboxylic acids is 1. The molecule has 0 aliphatic carbocycles. The van der Waals surface area contributed by atoms with Crippen molar-refractivity contribution in [2.24, 2.45) is 5.73 Å². The summed E-state index contributed by atoms with van der Waals surface area (Å²) in [7, 11) is -11.0. The van der Waals surface area contributed by atoms with Crippen LogP contribution >= 0.6 is 15.2 Å². The van der Waals surface area contributed by atoms with Gasteiger partial charge in [0.1, 0.15) is 12.1 Å². The number of aliphatic hydroxyl groups is 2. The molecule has 0 saturated carbocycles. The van der Waals surface area contributed by atoms with E-state index in [4.69, 9.17) is 35.2 Å². The van der Waals surface area contributed by atoms with Crippen molar-refractivity contribution in [1.29, 1.82) is 0 Å². The van der Waals surface area contributed by atoms with E-state index in [1.54, 1.807) is 0 Å². The molecule has 1 aromatic heterocycles. The number of aliphatic hydroxyl groups excluding tert-OH is 1. The number of pyridine rings is 1. The molecule has 0 saturated heterocycles. The molecule has 12 nitrogen and oxygen atoms in total. The minimum Gasteiger partial charge on any atom is -0.542 e. The molecule has 1 rings (SSSR count). The number of carbonyl (C=O) groups is 1. The zero-order valence-corrected chi connectivity index (χ0v) is 16.2. The van der Waals surface area contributed by atoms with E-state index >= 15 is 0 Å². The zero-order valence-electron chi connectivity index (χ0n) is 14.4. The van der Waals surface area contributed by atoms with Crippen molar-refractivity contribution >= 4 is 21.2 Å². The van der Waals surface area contributed by atoms with Crippen LogP contribution in [0.15, 0.2) is 24.5 Å². The molecule has 1 heterocycles. The van der Waals surface area contributed by atoms with Gasteiger partial charge in [0, 0.05) is 24.6 Å². The van der Waals surface area contributed by atoms with Crippen molar-refractivity contribution in [1.82, 2.24) is 0 Å². The number of carboxylic acid groups (broad SMARTS) is 1. The molecule has 0 aromatic carbocycles. The van der Waals surface area contributed by atoms with Gasteiger partial charge >= 0.3 is 21.4 Å². The maximum atomic E-state index is 11.3. The van der Waals surface area contributed by atoms with Crippen molar-refractivity contribution in [3.8, 4) is 0 Å². The summed E-state index contributed by atoms with van der Waals surface area (Å²) in [6, 6.07) is 2.78. The van der Waals surface area contributed by atoms with Crippen LogP contribution in [0.5, 0.6) is 0 Å². The smallest absolute Gasteiger partial charge is 0.430 e. The first-order valence-corrected chi connectivity index (χ1v) is 10.6. The van der Waals surface area contributed by atoms with Crippen LogP contribution in [0.1, 0.15) is 5.56 Å². The number of hydrogen-bond donors (Lipinski definition) is 7. The number of rotatable bonds is 7. The Morgan fingerprint density at radius 3 is 2.00 bits per heavy atom. The molecule has 8 N–H and O–H groups in total. The van der Waals surface area contributed by atoms with Gasteiger partial charge in [0.2, 0.25) is 0 Å². The van der Waals surface area contributed by atoms with Gasteiger partial charge in [-0.3, -0.25) is 9.13 Å². The van der Waals surface area contributed by atoms with Crippen molar-refractivity contribution in [3.05, 3.63) is 30.1 Å². The quantitative estimate of drug-likeness (QED) is 0.158. The lowest BCUT2D eigenvalue weighted by molar-refractivity contribution is -0.703. The Kier molecular flexibility index (Phi) is 9.58. The Bertz CT molecular complexity index is 772. The van der Waals surface area contributed by atoms with Crippen LogP contribution in [-0.4, -0.2) is 59.7 Å².